The number of aromatic nitrogens is 2. The van der Waals surface area contributed by atoms with Crippen molar-refractivity contribution < 1.29 is 22.0 Å². The summed E-state index contributed by atoms with van der Waals surface area (Å²) in [6, 6.07) is 16.3. The van der Waals surface area contributed by atoms with Crippen LogP contribution in [0.3, 0.4) is 0 Å². The molecule has 36 heavy (non-hydrogen) atoms. The largest absolute Gasteiger partial charge is 0.467 e. The van der Waals surface area contributed by atoms with Crippen LogP contribution in [0.25, 0.3) is 0 Å². The Labute approximate surface area is 212 Å². The van der Waals surface area contributed by atoms with Crippen molar-refractivity contribution in [2.24, 2.45) is 0 Å². The number of anilines is 2. The van der Waals surface area contributed by atoms with Crippen molar-refractivity contribution in [2.75, 3.05) is 16.0 Å². The lowest BCUT2D eigenvalue weighted by atomic mass is 10.2. The molecule has 0 fully saturated rings. The number of furan rings is 1. The van der Waals surface area contributed by atoms with E-state index in [2.05, 4.69) is 15.3 Å². The minimum Gasteiger partial charge on any atom is -0.467 e. The highest BCUT2D eigenvalue weighted by Crippen LogP contribution is 2.26. The molecule has 2 aromatic heterocycles. The van der Waals surface area contributed by atoms with E-state index in [1.54, 1.807) is 35.2 Å². The summed E-state index contributed by atoms with van der Waals surface area (Å²) in [7, 11) is -3.82. The van der Waals surface area contributed by atoms with Crippen molar-refractivity contribution >= 4 is 38.7 Å². The SMILES string of the molecule is CCS(=O)(=O)c1ncc(N(Cc2ccc(Cl)cc2)Cc2ccco2)c(C(=O)Nc2ccccc2F)n1. The van der Waals surface area contributed by atoms with Crippen LogP contribution >= 0.6 is 11.6 Å². The third-order valence-corrected chi connectivity index (χ3v) is 7.06. The Morgan fingerprint density at radius 3 is 2.50 bits per heavy atom. The summed E-state index contributed by atoms with van der Waals surface area (Å²) in [6.07, 6.45) is 2.81. The van der Waals surface area contributed by atoms with Crippen molar-refractivity contribution in [2.45, 2.75) is 25.2 Å². The lowest BCUT2D eigenvalue weighted by Crippen LogP contribution is -2.28. The van der Waals surface area contributed by atoms with Gasteiger partial charge in [0.1, 0.15) is 11.6 Å². The minimum atomic E-state index is -3.82. The Balaban J connectivity index is 1.80. The normalized spacial score (nSPS) is 11.3. The molecule has 0 spiro atoms. The molecule has 0 bridgehead atoms. The number of benzene rings is 2. The number of nitrogens with zero attached hydrogens (tertiary/aromatic N) is 3. The van der Waals surface area contributed by atoms with Gasteiger partial charge in [-0.3, -0.25) is 4.79 Å². The van der Waals surface area contributed by atoms with Gasteiger partial charge < -0.3 is 14.6 Å². The van der Waals surface area contributed by atoms with Gasteiger partial charge in [0.15, 0.2) is 5.69 Å². The zero-order chi connectivity index (χ0) is 25.7. The van der Waals surface area contributed by atoms with E-state index in [1.165, 1.54) is 37.6 Å². The predicted molar refractivity (Wildman–Crippen MR) is 134 cm³/mol. The van der Waals surface area contributed by atoms with Crippen LogP contribution in [0.5, 0.6) is 0 Å². The first kappa shape index (κ1) is 25.3. The first-order valence-electron chi connectivity index (χ1n) is 10.9. The highest BCUT2D eigenvalue weighted by atomic mass is 35.5. The third-order valence-electron chi connectivity index (χ3n) is 5.30. The van der Waals surface area contributed by atoms with Gasteiger partial charge in [0.2, 0.25) is 15.0 Å². The Morgan fingerprint density at radius 2 is 1.83 bits per heavy atom. The van der Waals surface area contributed by atoms with Gasteiger partial charge in [0, 0.05) is 11.6 Å². The summed E-state index contributed by atoms with van der Waals surface area (Å²) < 4.78 is 44.7. The number of hydrogen-bond donors (Lipinski definition) is 1. The average molecular weight is 529 g/mol. The van der Waals surface area contributed by atoms with E-state index in [0.29, 0.717) is 17.3 Å². The number of nitrogens with one attached hydrogen (secondary N) is 1. The molecule has 186 valence electrons. The molecule has 4 rings (SSSR count). The van der Waals surface area contributed by atoms with Gasteiger partial charge in [-0.1, -0.05) is 42.8 Å². The van der Waals surface area contributed by atoms with Crippen LogP contribution in [-0.4, -0.2) is 30.0 Å². The van der Waals surface area contributed by atoms with Gasteiger partial charge in [-0.25, -0.2) is 22.8 Å². The summed E-state index contributed by atoms with van der Waals surface area (Å²) in [4.78, 5) is 23.3. The van der Waals surface area contributed by atoms with E-state index in [-0.39, 0.29) is 29.4 Å². The molecule has 11 heteroatoms. The van der Waals surface area contributed by atoms with Crippen LogP contribution in [0.1, 0.15) is 28.7 Å². The predicted octanol–water partition coefficient (Wildman–Crippen LogP) is 5.11. The number of para-hydroxylation sites is 1. The van der Waals surface area contributed by atoms with Gasteiger partial charge in [-0.2, -0.15) is 0 Å². The topological polar surface area (TPSA) is 105 Å². The van der Waals surface area contributed by atoms with Gasteiger partial charge in [0.05, 0.1) is 36.1 Å². The Hall–Kier alpha value is -3.76. The fraction of sp³-hybridized carbons (Fsp3) is 0.160. The van der Waals surface area contributed by atoms with Crippen LogP contribution in [0.15, 0.2) is 82.7 Å². The number of halogens is 2. The maximum atomic E-state index is 14.2. The van der Waals surface area contributed by atoms with E-state index in [0.717, 1.165) is 5.56 Å². The van der Waals surface area contributed by atoms with E-state index in [1.807, 2.05) is 12.1 Å². The second kappa shape index (κ2) is 10.9. The van der Waals surface area contributed by atoms with Gasteiger partial charge >= 0.3 is 0 Å². The Morgan fingerprint density at radius 1 is 1.08 bits per heavy atom. The molecule has 4 aromatic rings. The summed E-state index contributed by atoms with van der Waals surface area (Å²) >= 11 is 6.02. The number of amides is 1. The summed E-state index contributed by atoms with van der Waals surface area (Å²) in [6.45, 7) is 1.97. The van der Waals surface area contributed by atoms with Crippen molar-refractivity contribution in [1.29, 1.82) is 0 Å². The number of rotatable bonds is 9. The number of carbonyl (C=O) groups excluding carboxylic acids is 1. The standard InChI is InChI=1S/C25H22ClFN4O4S/c1-2-36(33,34)25-28-14-22(23(30-25)24(32)29-21-8-4-3-7-20(21)27)31(16-19-6-5-13-35-19)15-17-9-11-18(26)12-10-17/h3-14H,2,15-16H2,1H3,(H,29,32). The molecule has 8 nitrogen and oxygen atoms in total. The lowest BCUT2D eigenvalue weighted by Gasteiger charge is -2.25. The maximum Gasteiger partial charge on any atom is 0.276 e. The third kappa shape index (κ3) is 5.89. The highest BCUT2D eigenvalue weighted by Gasteiger charge is 2.25. The Kier molecular flexibility index (Phi) is 7.66. The molecule has 0 unspecified atom stereocenters. The zero-order valence-corrected chi connectivity index (χ0v) is 20.8. The first-order chi connectivity index (χ1) is 17.3. The van der Waals surface area contributed by atoms with Gasteiger partial charge in [0.25, 0.3) is 5.91 Å². The fourth-order valence-corrected chi connectivity index (χ4v) is 4.24. The summed E-state index contributed by atoms with van der Waals surface area (Å²) in [5, 5.41) is 2.56. The molecule has 2 heterocycles. The van der Waals surface area contributed by atoms with Crippen molar-refractivity contribution in [1.82, 2.24) is 9.97 Å². The van der Waals surface area contributed by atoms with Crippen molar-refractivity contribution in [3.05, 3.63) is 101 Å². The molecular formula is C25H22ClFN4O4S. The summed E-state index contributed by atoms with van der Waals surface area (Å²) in [5.41, 5.74) is 0.810. The van der Waals surface area contributed by atoms with E-state index in [9.17, 15) is 17.6 Å². The molecule has 0 aliphatic rings. The lowest BCUT2D eigenvalue weighted by molar-refractivity contribution is 0.102. The smallest absolute Gasteiger partial charge is 0.276 e. The Bertz CT molecular complexity index is 1460. The molecule has 2 aromatic carbocycles. The molecule has 0 atom stereocenters. The van der Waals surface area contributed by atoms with E-state index < -0.39 is 26.7 Å². The van der Waals surface area contributed by atoms with Gasteiger partial charge in [-0.15, -0.1) is 0 Å². The van der Waals surface area contributed by atoms with Crippen molar-refractivity contribution in [3.63, 3.8) is 0 Å². The molecule has 1 amide bonds. The van der Waals surface area contributed by atoms with Crippen LogP contribution in [0, 0.1) is 5.82 Å². The second-order valence-electron chi connectivity index (χ2n) is 7.79. The van der Waals surface area contributed by atoms with E-state index in [4.69, 9.17) is 16.0 Å². The second-order valence-corrected chi connectivity index (χ2v) is 10.4. The minimum absolute atomic E-state index is 0.0674. The molecule has 1 N–H and O–H groups in total. The number of carbonyl (C=O) groups is 1. The quantitative estimate of drug-likeness (QED) is 0.301. The molecule has 0 radical (unpaired) electrons. The van der Waals surface area contributed by atoms with Crippen LogP contribution in [0.2, 0.25) is 5.02 Å². The molecule has 0 aliphatic carbocycles. The van der Waals surface area contributed by atoms with Gasteiger partial charge in [-0.05, 0) is 42.0 Å². The molecular weight excluding hydrogens is 507 g/mol. The van der Waals surface area contributed by atoms with Crippen molar-refractivity contribution in [3.8, 4) is 0 Å². The summed E-state index contributed by atoms with van der Waals surface area (Å²) in [5.74, 6) is -1.08. The molecule has 0 aliphatic heterocycles. The monoisotopic (exact) mass is 528 g/mol. The van der Waals surface area contributed by atoms with Crippen LogP contribution in [0.4, 0.5) is 15.8 Å². The number of sulfone groups is 1. The first-order valence-corrected chi connectivity index (χ1v) is 13.0. The fourth-order valence-electron chi connectivity index (χ4n) is 3.41. The number of hydrogen-bond acceptors (Lipinski definition) is 7. The van der Waals surface area contributed by atoms with E-state index >= 15 is 0 Å². The maximum absolute atomic E-state index is 14.2. The molecule has 0 saturated carbocycles. The van der Waals surface area contributed by atoms with Crippen LogP contribution < -0.4 is 10.2 Å². The average Bonchev–Trinajstić information content (AvgIpc) is 3.39. The van der Waals surface area contributed by atoms with Crippen LogP contribution in [-0.2, 0) is 22.9 Å². The zero-order valence-electron chi connectivity index (χ0n) is 19.2. The highest BCUT2D eigenvalue weighted by molar-refractivity contribution is 7.91. The molecule has 0 saturated heterocycles.